The van der Waals surface area contributed by atoms with E-state index in [4.69, 9.17) is 11.6 Å². The third-order valence-electron chi connectivity index (χ3n) is 4.89. The SMILES string of the molecule is Fc1ccc(C2c3cccn3CCCN2Cc2cccc(Cl)c2)cc1F. The van der Waals surface area contributed by atoms with Crippen molar-refractivity contribution in [3.8, 4) is 0 Å². The summed E-state index contributed by atoms with van der Waals surface area (Å²) < 4.78 is 29.6. The lowest BCUT2D eigenvalue weighted by atomic mass is 10.0. The molecule has 134 valence electrons. The Morgan fingerprint density at radius 3 is 2.65 bits per heavy atom. The molecule has 0 fully saturated rings. The van der Waals surface area contributed by atoms with Gasteiger partial charge < -0.3 is 4.57 Å². The molecule has 1 aliphatic rings. The number of halogens is 3. The summed E-state index contributed by atoms with van der Waals surface area (Å²) in [5.74, 6) is -1.63. The van der Waals surface area contributed by atoms with Gasteiger partial charge in [0.1, 0.15) is 0 Å². The molecule has 2 nitrogen and oxygen atoms in total. The molecular formula is C21H19ClF2N2. The third-order valence-corrected chi connectivity index (χ3v) is 5.12. The Morgan fingerprint density at radius 2 is 1.85 bits per heavy atom. The van der Waals surface area contributed by atoms with Crippen LogP contribution in [0.2, 0.25) is 5.02 Å². The lowest BCUT2D eigenvalue weighted by Crippen LogP contribution is -2.29. The van der Waals surface area contributed by atoms with E-state index in [9.17, 15) is 8.78 Å². The first kappa shape index (κ1) is 17.3. The Labute approximate surface area is 156 Å². The van der Waals surface area contributed by atoms with Crippen LogP contribution >= 0.6 is 11.6 Å². The molecule has 5 heteroatoms. The van der Waals surface area contributed by atoms with Crippen molar-refractivity contribution in [1.82, 2.24) is 9.47 Å². The van der Waals surface area contributed by atoms with Crippen molar-refractivity contribution in [2.45, 2.75) is 25.6 Å². The number of aromatic nitrogens is 1. The Morgan fingerprint density at radius 1 is 0.962 bits per heavy atom. The van der Waals surface area contributed by atoms with E-state index in [1.165, 1.54) is 12.1 Å². The Balaban J connectivity index is 1.76. The highest BCUT2D eigenvalue weighted by atomic mass is 35.5. The van der Waals surface area contributed by atoms with Gasteiger partial charge >= 0.3 is 0 Å². The normalized spacial score (nSPS) is 17.7. The minimum absolute atomic E-state index is 0.137. The molecule has 2 aromatic carbocycles. The summed E-state index contributed by atoms with van der Waals surface area (Å²) in [5, 5.41) is 0.699. The van der Waals surface area contributed by atoms with Gasteiger partial charge in [-0.2, -0.15) is 0 Å². The molecule has 1 unspecified atom stereocenters. The van der Waals surface area contributed by atoms with E-state index in [2.05, 4.69) is 15.5 Å². The van der Waals surface area contributed by atoms with E-state index in [0.717, 1.165) is 36.3 Å². The zero-order valence-electron chi connectivity index (χ0n) is 14.2. The summed E-state index contributed by atoms with van der Waals surface area (Å²) in [6.07, 6.45) is 3.04. The number of hydrogen-bond donors (Lipinski definition) is 0. The van der Waals surface area contributed by atoms with Crippen molar-refractivity contribution in [1.29, 1.82) is 0 Å². The third kappa shape index (κ3) is 3.39. The lowest BCUT2D eigenvalue weighted by Gasteiger charge is -2.30. The zero-order chi connectivity index (χ0) is 18.1. The molecule has 0 bridgehead atoms. The number of benzene rings is 2. The number of fused-ring (bicyclic) bond motifs is 1. The Bertz CT molecular complexity index is 922. The van der Waals surface area contributed by atoms with Crippen molar-refractivity contribution in [3.63, 3.8) is 0 Å². The van der Waals surface area contributed by atoms with Crippen LogP contribution in [0.1, 0.15) is 29.3 Å². The molecule has 0 saturated heterocycles. The van der Waals surface area contributed by atoms with Crippen LogP contribution in [0.15, 0.2) is 60.8 Å². The van der Waals surface area contributed by atoms with Gasteiger partial charge in [0.2, 0.25) is 0 Å². The summed E-state index contributed by atoms with van der Waals surface area (Å²) in [5.41, 5.74) is 2.95. The first-order chi connectivity index (χ1) is 12.6. The molecule has 0 amide bonds. The number of aryl methyl sites for hydroxylation is 1. The van der Waals surface area contributed by atoms with Crippen LogP contribution in [0.3, 0.4) is 0 Å². The largest absolute Gasteiger partial charge is 0.350 e. The first-order valence-corrected chi connectivity index (χ1v) is 9.08. The van der Waals surface area contributed by atoms with Gasteiger partial charge in [0.15, 0.2) is 11.6 Å². The predicted octanol–water partition coefficient (Wildman–Crippen LogP) is 5.42. The minimum atomic E-state index is -0.820. The van der Waals surface area contributed by atoms with E-state index in [-0.39, 0.29) is 6.04 Å². The molecule has 0 aliphatic carbocycles. The van der Waals surface area contributed by atoms with E-state index >= 15 is 0 Å². The molecule has 1 aliphatic heterocycles. The van der Waals surface area contributed by atoms with Crippen molar-refractivity contribution < 1.29 is 8.78 Å². The van der Waals surface area contributed by atoms with Gasteiger partial charge in [0, 0.05) is 36.5 Å². The van der Waals surface area contributed by atoms with Gasteiger partial charge in [-0.1, -0.05) is 29.8 Å². The van der Waals surface area contributed by atoms with Crippen LogP contribution in [0.5, 0.6) is 0 Å². The molecule has 26 heavy (non-hydrogen) atoms. The second-order valence-electron chi connectivity index (χ2n) is 6.66. The highest BCUT2D eigenvalue weighted by Crippen LogP contribution is 2.33. The molecule has 0 spiro atoms. The summed E-state index contributed by atoms with van der Waals surface area (Å²) in [4.78, 5) is 2.30. The fraction of sp³-hybridized carbons (Fsp3) is 0.238. The monoisotopic (exact) mass is 372 g/mol. The van der Waals surface area contributed by atoms with Crippen molar-refractivity contribution >= 4 is 11.6 Å². The van der Waals surface area contributed by atoms with Crippen molar-refractivity contribution in [2.24, 2.45) is 0 Å². The average molecular weight is 373 g/mol. The second-order valence-corrected chi connectivity index (χ2v) is 7.09. The summed E-state index contributed by atoms with van der Waals surface area (Å²) in [7, 11) is 0. The van der Waals surface area contributed by atoms with Crippen molar-refractivity contribution in [3.05, 3.63) is 94.3 Å². The van der Waals surface area contributed by atoms with E-state index in [0.29, 0.717) is 11.6 Å². The quantitative estimate of drug-likeness (QED) is 0.596. The van der Waals surface area contributed by atoms with Gasteiger partial charge in [-0.05, 0) is 53.9 Å². The molecule has 2 heterocycles. The highest BCUT2D eigenvalue weighted by Gasteiger charge is 2.28. The predicted molar refractivity (Wildman–Crippen MR) is 99.1 cm³/mol. The van der Waals surface area contributed by atoms with Gasteiger partial charge in [-0.15, -0.1) is 0 Å². The van der Waals surface area contributed by atoms with Crippen LogP contribution in [0.4, 0.5) is 8.78 Å². The van der Waals surface area contributed by atoms with Crippen LogP contribution in [0, 0.1) is 11.6 Å². The topological polar surface area (TPSA) is 8.17 Å². The van der Waals surface area contributed by atoms with Crippen LogP contribution < -0.4 is 0 Å². The van der Waals surface area contributed by atoms with Gasteiger partial charge in [-0.3, -0.25) is 4.90 Å². The standard InChI is InChI=1S/C21H19ClF2N2/c22-17-5-1-4-15(12-17)14-26-11-3-10-25-9-2-6-20(25)21(26)16-7-8-18(23)19(24)13-16/h1-2,4-9,12-13,21H,3,10-11,14H2. The Hall–Kier alpha value is -2.17. The summed E-state index contributed by atoms with van der Waals surface area (Å²) >= 11 is 6.14. The molecule has 0 saturated carbocycles. The molecular weight excluding hydrogens is 354 g/mol. The number of rotatable bonds is 3. The van der Waals surface area contributed by atoms with Crippen LogP contribution in [-0.2, 0) is 13.1 Å². The lowest BCUT2D eigenvalue weighted by molar-refractivity contribution is 0.220. The van der Waals surface area contributed by atoms with E-state index in [1.54, 1.807) is 6.07 Å². The maximum absolute atomic E-state index is 13.9. The fourth-order valence-corrected chi connectivity index (χ4v) is 3.96. The van der Waals surface area contributed by atoms with E-state index in [1.807, 2.05) is 36.5 Å². The van der Waals surface area contributed by atoms with Crippen molar-refractivity contribution in [2.75, 3.05) is 6.54 Å². The zero-order valence-corrected chi connectivity index (χ0v) is 15.0. The molecule has 1 aromatic heterocycles. The second kappa shape index (κ2) is 7.22. The minimum Gasteiger partial charge on any atom is -0.350 e. The molecule has 1 atom stereocenters. The summed E-state index contributed by atoms with van der Waals surface area (Å²) in [6, 6.07) is 15.9. The molecule has 4 rings (SSSR count). The first-order valence-electron chi connectivity index (χ1n) is 8.70. The van der Waals surface area contributed by atoms with E-state index < -0.39 is 11.6 Å². The molecule has 0 radical (unpaired) electrons. The molecule has 3 aromatic rings. The molecule has 0 N–H and O–H groups in total. The average Bonchev–Trinajstić information content (AvgIpc) is 3.00. The maximum Gasteiger partial charge on any atom is 0.159 e. The van der Waals surface area contributed by atoms with Crippen LogP contribution in [-0.4, -0.2) is 16.0 Å². The summed E-state index contributed by atoms with van der Waals surface area (Å²) in [6.45, 7) is 2.46. The maximum atomic E-state index is 13.9. The fourth-order valence-electron chi connectivity index (χ4n) is 3.74. The number of hydrogen-bond acceptors (Lipinski definition) is 1. The highest BCUT2D eigenvalue weighted by molar-refractivity contribution is 6.30. The van der Waals surface area contributed by atoms with Gasteiger partial charge in [-0.25, -0.2) is 8.78 Å². The van der Waals surface area contributed by atoms with Gasteiger partial charge in [0.05, 0.1) is 6.04 Å². The van der Waals surface area contributed by atoms with Crippen LogP contribution in [0.25, 0.3) is 0 Å². The Kier molecular flexibility index (Phi) is 4.79. The number of nitrogens with zero attached hydrogens (tertiary/aromatic N) is 2. The van der Waals surface area contributed by atoms with Gasteiger partial charge in [0.25, 0.3) is 0 Å². The smallest absolute Gasteiger partial charge is 0.159 e.